The number of halogens is 1. The molecule has 2 aliphatic carbocycles. The third-order valence-corrected chi connectivity index (χ3v) is 7.81. The molecule has 1 atom stereocenters. The molecule has 0 amide bonds. The maximum Gasteiger partial charge on any atom is 0.336 e. The quantitative estimate of drug-likeness (QED) is 0.384. The zero-order chi connectivity index (χ0) is 22.4. The van der Waals surface area contributed by atoms with Crippen molar-refractivity contribution in [3.63, 3.8) is 0 Å². The number of alkyl halides is 1. The van der Waals surface area contributed by atoms with Crippen molar-refractivity contribution in [1.82, 2.24) is 0 Å². The molecule has 0 saturated heterocycles. The molecule has 3 aromatic rings. The highest BCUT2D eigenvalue weighted by Gasteiger charge is 2.25. The van der Waals surface area contributed by atoms with Gasteiger partial charge >= 0.3 is 11.9 Å². The summed E-state index contributed by atoms with van der Waals surface area (Å²) in [6, 6.07) is 15.0. The van der Waals surface area contributed by atoms with Crippen LogP contribution in [0.1, 0.15) is 59.7 Å². The molecule has 4 nitrogen and oxygen atoms in total. The van der Waals surface area contributed by atoms with E-state index in [0.717, 1.165) is 30.0 Å². The van der Waals surface area contributed by atoms with Gasteiger partial charge in [0.2, 0.25) is 0 Å². The minimum absolute atomic E-state index is 0.0271. The third-order valence-electron chi connectivity index (χ3n) is 6.47. The molecule has 32 heavy (non-hydrogen) atoms. The number of hydrogen-bond donors (Lipinski definition) is 2. The Morgan fingerprint density at radius 1 is 0.844 bits per heavy atom. The van der Waals surface area contributed by atoms with Gasteiger partial charge in [-0.15, -0.1) is 0 Å². The predicted molar refractivity (Wildman–Crippen MR) is 132 cm³/mol. The lowest BCUT2D eigenvalue weighted by Crippen LogP contribution is -2.20. The van der Waals surface area contributed by atoms with E-state index in [1.165, 1.54) is 51.4 Å². The summed E-state index contributed by atoms with van der Waals surface area (Å²) in [5.74, 6) is -2.24. The molecule has 0 saturated carbocycles. The summed E-state index contributed by atoms with van der Waals surface area (Å²) in [5, 5.41) is 24.2. The lowest BCUT2D eigenvalue weighted by molar-refractivity contribution is 0.0696. The van der Waals surface area contributed by atoms with Crippen LogP contribution in [0.2, 0.25) is 0 Å². The van der Waals surface area contributed by atoms with Gasteiger partial charge in [-0.25, -0.2) is 9.59 Å². The maximum absolute atomic E-state index is 11.8. The Balaban J connectivity index is 1.70. The molecule has 0 spiro atoms. The molecule has 5 heteroatoms. The van der Waals surface area contributed by atoms with E-state index in [-0.39, 0.29) is 11.1 Å². The first-order valence-electron chi connectivity index (χ1n) is 10.6. The fraction of sp³-hybridized carbons (Fsp3) is 0.185. The summed E-state index contributed by atoms with van der Waals surface area (Å²) in [5.41, 5.74) is 4.15. The van der Waals surface area contributed by atoms with Crippen LogP contribution in [0.3, 0.4) is 0 Å². The topological polar surface area (TPSA) is 74.6 Å². The summed E-state index contributed by atoms with van der Waals surface area (Å²) < 4.78 is -0.399. The zero-order valence-electron chi connectivity index (χ0n) is 17.3. The number of carbonyl (C=O) groups is 2. The Labute approximate surface area is 198 Å². The van der Waals surface area contributed by atoms with E-state index < -0.39 is 15.9 Å². The average molecular weight is 536 g/mol. The molecule has 0 aromatic heterocycles. The third kappa shape index (κ3) is 3.45. The number of benzene rings is 3. The van der Waals surface area contributed by atoms with Crippen LogP contribution in [0.25, 0.3) is 12.2 Å². The summed E-state index contributed by atoms with van der Waals surface area (Å²) >= 11 is 2.15. The normalized spacial score (nSPS) is 14.8. The number of fused-ring (bicyclic) bond motifs is 4. The number of aromatic carboxylic acids is 2. The van der Waals surface area contributed by atoms with Gasteiger partial charge < -0.3 is 10.2 Å². The van der Waals surface area contributed by atoms with Crippen LogP contribution in [0.15, 0.2) is 48.5 Å². The van der Waals surface area contributed by atoms with Gasteiger partial charge in [0.15, 0.2) is 0 Å². The summed E-state index contributed by atoms with van der Waals surface area (Å²) in [4.78, 5) is 23.6. The fourth-order valence-electron chi connectivity index (χ4n) is 4.96. The lowest BCUT2D eigenvalue weighted by atomic mass is 9.88. The number of rotatable bonds is 4. The van der Waals surface area contributed by atoms with E-state index in [1.807, 2.05) is 6.07 Å². The monoisotopic (exact) mass is 536 g/mol. The standard InChI is InChI=1S/C27H21IO4/c28-25(24-22(26(29)30)6-3-7-23(24)27(31)32)17-10-11-19-16(14-17)9-13-20-18-5-2-1-4-15(18)8-12-21(19)20/h3-4,6-12,14,25H,1-2,5,13H2,(H,29,30)(H,31,32). The number of hydrogen-bond acceptors (Lipinski definition) is 2. The van der Waals surface area contributed by atoms with Crippen LogP contribution in [-0.2, 0) is 12.8 Å². The van der Waals surface area contributed by atoms with Crippen molar-refractivity contribution in [1.29, 1.82) is 0 Å². The van der Waals surface area contributed by atoms with Gasteiger partial charge in [-0.05, 0) is 80.9 Å². The molecule has 1 unspecified atom stereocenters. The van der Waals surface area contributed by atoms with Crippen LogP contribution in [-0.4, -0.2) is 22.2 Å². The lowest BCUT2D eigenvalue weighted by Gasteiger charge is -2.18. The van der Waals surface area contributed by atoms with Crippen molar-refractivity contribution < 1.29 is 19.8 Å². The van der Waals surface area contributed by atoms with Crippen LogP contribution in [0, 0.1) is 10.4 Å². The van der Waals surface area contributed by atoms with Crippen LogP contribution in [0.4, 0.5) is 0 Å². The first-order valence-corrected chi connectivity index (χ1v) is 11.9. The van der Waals surface area contributed by atoms with E-state index in [4.69, 9.17) is 0 Å². The minimum Gasteiger partial charge on any atom is -0.478 e. The highest BCUT2D eigenvalue weighted by molar-refractivity contribution is 14.1. The van der Waals surface area contributed by atoms with E-state index in [1.54, 1.807) is 0 Å². The molecule has 2 N–H and O–H groups in total. The summed E-state index contributed by atoms with van der Waals surface area (Å²) in [7, 11) is 0. The first-order chi connectivity index (χ1) is 15.5. The Morgan fingerprint density at radius 2 is 1.56 bits per heavy atom. The van der Waals surface area contributed by atoms with Crippen molar-refractivity contribution in [3.8, 4) is 0 Å². The minimum atomic E-state index is -1.12. The molecule has 0 heterocycles. The van der Waals surface area contributed by atoms with E-state index in [9.17, 15) is 19.8 Å². The second kappa shape index (κ2) is 8.20. The number of carboxylic acids is 2. The van der Waals surface area contributed by atoms with Crippen molar-refractivity contribution in [2.45, 2.75) is 29.6 Å². The molecule has 0 aliphatic heterocycles. The second-order valence-corrected chi connectivity index (χ2v) is 9.50. The Bertz CT molecular complexity index is 1470. The molecule has 0 radical (unpaired) electrons. The molecular weight excluding hydrogens is 515 g/mol. The molecule has 3 aromatic carbocycles. The molecule has 2 aliphatic rings. The molecule has 5 rings (SSSR count). The smallest absolute Gasteiger partial charge is 0.336 e. The van der Waals surface area contributed by atoms with Gasteiger partial charge in [0.1, 0.15) is 0 Å². The van der Waals surface area contributed by atoms with Gasteiger partial charge in [0, 0.05) is 0 Å². The average Bonchev–Trinajstić information content (AvgIpc) is 2.82. The second-order valence-electron chi connectivity index (χ2n) is 8.25. The zero-order valence-corrected chi connectivity index (χ0v) is 19.4. The van der Waals surface area contributed by atoms with E-state index in [0.29, 0.717) is 5.56 Å². The molecule has 0 fully saturated rings. The molecule has 0 bridgehead atoms. The largest absolute Gasteiger partial charge is 0.478 e. The molecule has 160 valence electrons. The van der Waals surface area contributed by atoms with Gasteiger partial charge in [0.25, 0.3) is 0 Å². The van der Waals surface area contributed by atoms with Gasteiger partial charge in [-0.1, -0.05) is 71.1 Å². The Hall–Kier alpha value is -2.93. The Morgan fingerprint density at radius 3 is 2.28 bits per heavy atom. The van der Waals surface area contributed by atoms with Crippen LogP contribution >= 0.6 is 22.6 Å². The Kier molecular flexibility index (Phi) is 5.37. The van der Waals surface area contributed by atoms with Crippen molar-refractivity contribution >= 4 is 46.7 Å². The predicted octanol–water partition coefficient (Wildman–Crippen LogP) is 4.35. The van der Waals surface area contributed by atoms with Crippen LogP contribution in [0.5, 0.6) is 0 Å². The van der Waals surface area contributed by atoms with Gasteiger partial charge in [-0.3, -0.25) is 0 Å². The van der Waals surface area contributed by atoms with Gasteiger partial charge in [0.05, 0.1) is 15.1 Å². The highest BCUT2D eigenvalue weighted by Crippen LogP contribution is 2.36. The number of carboxylic acid groups (broad SMARTS) is 2. The van der Waals surface area contributed by atoms with E-state index in [2.05, 4.69) is 59.0 Å². The van der Waals surface area contributed by atoms with Gasteiger partial charge in [-0.2, -0.15) is 0 Å². The van der Waals surface area contributed by atoms with E-state index >= 15 is 0 Å². The maximum atomic E-state index is 11.8. The summed E-state index contributed by atoms with van der Waals surface area (Å²) in [6.45, 7) is 0. The van der Waals surface area contributed by atoms with Crippen LogP contribution < -0.4 is 10.4 Å². The fourth-order valence-corrected chi connectivity index (χ4v) is 6.02. The summed E-state index contributed by atoms with van der Waals surface area (Å²) in [6.07, 6.45) is 8.90. The van der Waals surface area contributed by atoms with Crippen molar-refractivity contribution in [2.24, 2.45) is 0 Å². The SMILES string of the molecule is O=C(O)c1cccc(C(=O)O)c1C(I)c1ccc2c(c1)=CCc1c3c(ccc1=2)=CCCC3. The first kappa shape index (κ1) is 20.9. The highest BCUT2D eigenvalue weighted by atomic mass is 127. The van der Waals surface area contributed by atoms with Crippen molar-refractivity contribution in [3.05, 3.63) is 103 Å². The van der Waals surface area contributed by atoms with Crippen molar-refractivity contribution in [2.75, 3.05) is 0 Å². The molecular formula is C27H21IO4.